The van der Waals surface area contributed by atoms with E-state index in [1.54, 1.807) is 0 Å². The molecular formula is C11H9FN4O4. The number of ether oxygens (including phenoxy) is 1. The monoisotopic (exact) mass is 280 g/mol. The first-order valence-electron chi connectivity index (χ1n) is 5.42. The summed E-state index contributed by atoms with van der Waals surface area (Å²) < 4.78 is 18.9. The molecule has 0 amide bonds. The van der Waals surface area contributed by atoms with Gasteiger partial charge in [0.2, 0.25) is 6.33 Å². The Bertz CT molecular complexity index is 670. The van der Waals surface area contributed by atoms with Gasteiger partial charge < -0.3 is 14.9 Å². The number of nitro groups is 1. The SMILES string of the molecule is COC(=O)c1cc(F)ccc1Cn1cnc([N+](=O)[O-])n1. The molecule has 104 valence electrons. The number of benzene rings is 1. The molecule has 1 aromatic heterocycles. The molecule has 0 atom stereocenters. The summed E-state index contributed by atoms with van der Waals surface area (Å²) in [5.74, 6) is -1.83. The largest absolute Gasteiger partial charge is 0.490 e. The van der Waals surface area contributed by atoms with Crippen molar-refractivity contribution in [1.29, 1.82) is 0 Å². The summed E-state index contributed by atoms with van der Waals surface area (Å²) in [6, 6.07) is 3.59. The third-order valence-corrected chi connectivity index (χ3v) is 2.50. The zero-order valence-electron chi connectivity index (χ0n) is 10.3. The molecule has 0 radical (unpaired) electrons. The predicted molar refractivity (Wildman–Crippen MR) is 63.5 cm³/mol. The molecule has 8 nitrogen and oxygen atoms in total. The van der Waals surface area contributed by atoms with Crippen molar-refractivity contribution in [2.45, 2.75) is 6.54 Å². The van der Waals surface area contributed by atoms with E-state index in [0.717, 1.165) is 12.4 Å². The van der Waals surface area contributed by atoms with E-state index in [1.165, 1.54) is 23.9 Å². The summed E-state index contributed by atoms with van der Waals surface area (Å²) in [5.41, 5.74) is 0.448. The molecule has 1 heterocycles. The van der Waals surface area contributed by atoms with Gasteiger partial charge in [0.1, 0.15) is 5.82 Å². The maximum atomic E-state index is 13.2. The van der Waals surface area contributed by atoms with Crippen molar-refractivity contribution >= 4 is 11.9 Å². The van der Waals surface area contributed by atoms with E-state index in [-0.39, 0.29) is 12.1 Å². The topological polar surface area (TPSA) is 100 Å². The van der Waals surface area contributed by atoms with E-state index in [0.29, 0.717) is 5.56 Å². The minimum atomic E-state index is -0.734. The van der Waals surface area contributed by atoms with Crippen molar-refractivity contribution in [3.8, 4) is 0 Å². The highest BCUT2D eigenvalue weighted by Gasteiger charge is 2.17. The molecule has 1 aromatic carbocycles. The van der Waals surface area contributed by atoms with Crippen LogP contribution in [-0.4, -0.2) is 32.8 Å². The van der Waals surface area contributed by atoms with Gasteiger partial charge in [0.25, 0.3) is 0 Å². The second kappa shape index (κ2) is 5.43. The minimum Gasteiger partial charge on any atom is -0.465 e. The van der Waals surface area contributed by atoms with Crippen molar-refractivity contribution in [1.82, 2.24) is 14.8 Å². The number of aromatic nitrogens is 3. The van der Waals surface area contributed by atoms with E-state index in [9.17, 15) is 19.3 Å². The zero-order valence-corrected chi connectivity index (χ0v) is 10.3. The summed E-state index contributed by atoms with van der Waals surface area (Å²) in [5, 5.41) is 14.1. The number of nitrogens with zero attached hydrogens (tertiary/aromatic N) is 4. The van der Waals surface area contributed by atoms with Gasteiger partial charge >= 0.3 is 11.9 Å². The molecule has 0 unspecified atom stereocenters. The lowest BCUT2D eigenvalue weighted by atomic mass is 10.1. The van der Waals surface area contributed by atoms with Gasteiger partial charge in [-0.15, -0.1) is 0 Å². The van der Waals surface area contributed by atoms with Crippen LogP contribution in [0.4, 0.5) is 10.3 Å². The molecule has 0 aliphatic carbocycles. The molecule has 9 heteroatoms. The van der Waals surface area contributed by atoms with Crippen molar-refractivity contribution in [3.63, 3.8) is 0 Å². The molecular weight excluding hydrogens is 271 g/mol. The third kappa shape index (κ3) is 2.76. The number of hydrogen-bond acceptors (Lipinski definition) is 6. The molecule has 0 aliphatic heterocycles. The standard InChI is InChI=1S/C11H9FN4O4/c1-20-10(17)9-4-8(12)3-2-7(9)5-15-6-13-11(14-15)16(18)19/h2-4,6H,5H2,1H3. The zero-order chi connectivity index (χ0) is 14.7. The second-order valence-electron chi connectivity index (χ2n) is 3.79. The van der Waals surface area contributed by atoms with Crippen molar-refractivity contribution in [2.24, 2.45) is 0 Å². The minimum absolute atomic E-state index is 0.0330. The molecule has 0 saturated carbocycles. The lowest BCUT2D eigenvalue weighted by molar-refractivity contribution is -0.394. The Morgan fingerprint density at radius 1 is 1.55 bits per heavy atom. The first-order valence-corrected chi connectivity index (χ1v) is 5.42. The van der Waals surface area contributed by atoms with Gasteiger partial charge in [-0.2, -0.15) is 4.68 Å². The number of halogens is 1. The summed E-state index contributed by atoms with van der Waals surface area (Å²) >= 11 is 0. The van der Waals surface area contributed by atoms with Crippen LogP contribution < -0.4 is 0 Å². The summed E-state index contributed by atoms with van der Waals surface area (Å²) in [6.07, 6.45) is 1.16. The molecule has 20 heavy (non-hydrogen) atoms. The highest BCUT2D eigenvalue weighted by Crippen LogP contribution is 2.14. The first kappa shape index (κ1) is 13.6. The smallest absolute Gasteiger partial charge is 0.465 e. The Morgan fingerprint density at radius 3 is 2.90 bits per heavy atom. The molecule has 2 aromatic rings. The highest BCUT2D eigenvalue weighted by molar-refractivity contribution is 5.91. The van der Waals surface area contributed by atoms with E-state index in [1.807, 2.05) is 0 Å². The van der Waals surface area contributed by atoms with E-state index < -0.39 is 22.7 Å². The van der Waals surface area contributed by atoms with Crippen LogP contribution >= 0.6 is 0 Å². The van der Waals surface area contributed by atoms with Gasteiger partial charge in [0.15, 0.2) is 0 Å². The fourth-order valence-electron chi connectivity index (χ4n) is 1.61. The van der Waals surface area contributed by atoms with Crippen LogP contribution in [0.2, 0.25) is 0 Å². The molecule has 0 fully saturated rings. The third-order valence-electron chi connectivity index (χ3n) is 2.50. The normalized spacial score (nSPS) is 10.3. The average Bonchev–Trinajstić information content (AvgIpc) is 2.88. The Hall–Kier alpha value is -2.84. The van der Waals surface area contributed by atoms with Crippen LogP contribution in [0.15, 0.2) is 24.5 Å². The van der Waals surface area contributed by atoms with E-state index >= 15 is 0 Å². The van der Waals surface area contributed by atoms with Crippen LogP contribution in [-0.2, 0) is 11.3 Å². The van der Waals surface area contributed by atoms with Crippen molar-refractivity contribution in [3.05, 3.63) is 51.6 Å². The van der Waals surface area contributed by atoms with Crippen LogP contribution in [0.5, 0.6) is 0 Å². The van der Waals surface area contributed by atoms with Crippen LogP contribution in [0.1, 0.15) is 15.9 Å². The average molecular weight is 280 g/mol. The lowest BCUT2D eigenvalue weighted by Crippen LogP contribution is -2.10. The Morgan fingerprint density at radius 2 is 2.30 bits per heavy atom. The van der Waals surface area contributed by atoms with Crippen LogP contribution in [0, 0.1) is 15.9 Å². The van der Waals surface area contributed by atoms with Gasteiger partial charge in [0, 0.05) is 5.10 Å². The number of hydrogen-bond donors (Lipinski definition) is 0. The van der Waals surface area contributed by atoms with Gasteiger partial charge in [-0.25, -0.2) is 9.18 Å². The van der Waals surface area contributed by atoms with Gasteiger partial charge in [0.05, 0.1) is 19.2 Å². The number of carbonyl (C=O) groups is 1. The number of rotatable bonds is 4. The second-order valence-corrected chi connectivity index (χ2v) is 3.79. The molecule has 0 bridgehead atoms. The van der Waals surface area contributed by atoms with Gasteiger partial charge in [-0.1, -0.05) is 11.1 Å². The Labute approximate surface area is 112 Å². The quantitative estimate of drug-likeness (QED) is 0.473. The Kier molecular flexibility index (Phi) is 3.69. The van der Waals surface area contributed by atoms with E-state index in [2.05, 4.69) is 14.8 Å². The number of carbonyl (C=O) groups excluding carboxylic acids is 1. The number of methoxy groups -OCH3 is 1. The Balaban J connectivity index is 2.32. The lowest BCUT2D eigenvalue weighted by Gasteiger charge is -2.06. The molecule has 0 saturated heterocycles. The first-order chi connectivity index (χ1) is 9.51. The molecule has 0 aliphatic rings. The van der Waals surface area contributed by atoms with Crippen LogP contribution in [0.25, 0.3) is 0 Å². The van der Waals surface area contributed by atoms with Gasteiger partial charge in [-0.3, -0.25) is 0 Å². The number of esters is 1. The molecule has 0 spiro atoms. The van der Waals surface area contributed by atoms with Crippen molar-refractivity contribution < 1.29 is 18.8 Å². The van der Waals surface area contributed by atoms with Crippen LogP contribution in [0.3, 0.4) is 0 Å². The fraction of sp³-hybridized carbons (Fsp3) is 0.182. The summed E-state index contributed by atoms with van der Waals surface area (Å²) in [4.78, 5) is 24.8. The van der Waals surface area contributed by atoms with E-state index in [4.69, 9.17) is 0 Å². The predicted octanol–water partition coefficient (Wildman–Crippen LogP) is 1.16. The molecule has 0 N–H and O–H groups in total. The molecule has 2 rings (SSSR count). The van der Waals surface area contributed by atoms with Crippen molar-refractivity contribution in [2.75, 3.05) is 7.11 Å². The maximum absolute atomic E-state index is 13.2. The highest BCUT2D eigenvalue weighted by atomic mass is 19.1. The summed E-state index contributed by atoms with van der Waals surface area (Å²) in [7, 11) is 1.18. The fourth-order valence-corrected chi connectivity index (χ4v) is 1.61. The summed E-state index contributed by atoms with van der Waals surface area (Å²) in [6.45, 7) is 0.0333. The maximum Gasteiger partial charge on any atom is 0.490 e. The van der Waals surface area contributed by atoms with Gasteiger partial charge in [-0.05, 0) is 22.6 Å².